The number of fused-ring (bicyclic) bond motifs is 4. The summed E-state index contributed by atoms with van der Waals surface area (Å²) in [6.07, 6.45) is 5.44. The van der Waals surface area contributed by atoms with Gasteiger partial charge < -0.3 is 9.47 Å². The van der Waals surface area contributed by atoms with Crippen molar-refractivity contribution in [3.8, 4) is 0 Å². The summed E-state index contributed by atoms with van der Waals surface area (Å²) in [5.41, 5.74) is 4.90. The Hall–Kier alpha value is -2.95. The van der Waals surface area contributed by atoms with Crippen molar-refractivity contribution >= 4 is 55.5 Å². The molecule has 0 fully saturated rings. The summed E-state index contributed by atoms with van der Waals surface area (Å²) < 4.78 is 3.70. The zero-order chi connectivity index (χ0) is 20.5. The molecular weight excluding hydrogens is 386 g/mol. The number of rotatable bonds is 6. The number of para-hydroxylation sites is 2. The second kappa shape index (κ2) is 8.05. The van der Waals surface area contributed by atoms with E-state index in [0.717, 1.165) is 30.0 Å². The van der Waals surface area contributed by atoms with Crippen LogP contribution in [0.3, 0.4) is 0 Å². The maximum absolute atomic E-state index is 4.72. The quantitative estimate of drug-likeness (QED) is 0.317. The van der Waals surface area contributed by atoms with Crippen molar-refractivity contribution in [1.29, 1.82) is 0 Å². The minimum absolute atomic E-state index is 1.03. The molecule has 0 N–H and O–H groups in total. The van der Waals surface area contributed by atoms with Crippen LogP contribution in [-0.4, -0.2) is 35.1 Å². The van der Waals surface area contributed by atoms with E-state index in [4.69, 9.17) is 4.98 Å². The van der Waals surface area contributed by atoms with Crippen molar-refractivity contribution in [3.63, 3.8) is 0 Å². The van der Waals surface area contributed by atoms with Gasteiger partial charge in [0.05, 0.1) is 10.2 Å². The number of nitrogens with zero attached hydrogens (tertiary/aromatic N) is 3. The van der Waals surface area contributed by atoms with E-state index in [9.17, 15) is 0 Å². The van der Waals surface area contributed by atoms with E-state index in [0.29, 0.717) is 0 Å². The standard InChI is InChI=1S/C26H25N3S/c1-28(2)16-7-17-29-23-10-5-3-8-20(23)21-18-19(12-14-24(21)29)13-15-26-27-22-9-4-6-11-25(22)30-26/h3-6,8-15,18H,7,16-17H2,1-2H3/b15-13+. The fraction of sp³-hybridized carbons (Fsp3) is 0.192. The van der Waals surface area contributed by atoms with Crippen LogP contribution in [-0.2, 0) is 6.54 Å². The Balaban J connectivity index is 1.51. The van der Waals surface area contributed by atoms with Gasteiger partial charge in [0.25, 0.3) is 0 Å². The molecule has 0 atom stereocenters. The molecule has 0 radical (unpaired) electrons. The molecule has 4 heteroatoms. The Morgan fingerprint density at radius 3 is 2.57 bits per heavy atom. The van der Waals surface area contributed by atoms with Gasteiger partial charge in [-0.15, -0.1) is 11.3 Å². The van der Waals surface area contributed by atoms with Gasteiger partial charge in [-0.05, 0) is 69.0 Å². The van der Waals surface area contributed by atoms with E-state index in [1.165, 1.54) is 32.1 Å². The van der Waals surface area contributed by atoms with Gasteiger partial charge in [-0.1, -0.05) is 42.5 Å². The minimum atomic E-state index is 1.03. The second-order valence-electron chi connectivity index (χ2n) is 7.96. The van der Waals surface area contributed by atoms with Gasteiger partial charge in [-0.3, -0.25) is 0 Å². The predicted molar refractivity (Wildman–Crippen MR) is 131 cm³/mol. The minimum Gasteiger partial charge on any atom is -0.340 e. The first-order valence-electron chi connectivity index (χ1n) is 10.4. The van der Waals surface area contributed by atoms with Crippen LogP contribution in [0, 0.1) is 0 Å². The van der Waals surface area contributed by atoms with Gasteiger partial charge in [0, 0.05) is 28.4 Å². The van der Waals surface area contributed by atoms with Gasteiger partial charge >= 0.3 is 0 Å². The van der Waals surface area contributed by atoms with Crippen LogP contribution in [0.25, 0.3) is 44.2 Å². The van der Waals surface area contributed by atoms with Crippen molar-refractivity contribution in [2.45, 2.75) is 13.0 Å². The van der Waals surface area contributed by atoms with Crippen LogP contribution >= 0.6 is 11.3 Å². The van der Waals surface area contributed by atoms with Crippen molar-refractivity contribution in [3.05, 3.63) is 77.3 Å². The van der Waals surface area contributed by atoms with E-state index in [2.05, 4.69) is 96.4 Å². The monoisotopic (exact) mass is 411 g/mol. The highest BCUT2D eigenvalue weighted by atomic mass is 32.1. The molecule has 0 unspecified atom stereocenters. The van der Waals surface area contributed by atoms with Gasteiger partial charge in [-0.2, -0.15) is 0 Å². The molecule has 3 nitrogen and oxygen atoms in total. The van der Waals surface area contributed by atoms with Crippen LogP contribution in [0.4, 0.5) is 0 Å². The fourth-order valence-electron chi connectivity index (χ4n) is 4.09. The number of hydrogen-bond donors (Lipinski definition) is 0. The average molecular weight is 412 g/mol. The van der Waals surface area contributed by atoms with Crippen LogP contribution in [0.5, 0.6) is 0 Å². The predicted octanol–water partition coefficient (Wildman–Crippen LogP) is 6.53. The highest BCUT2D eigenvalue weighted by Gasteiger charge is 2.10. The molecule has 3 aromatic carbocycles. The molecule has 0 amide bonds. The van der Waals surface area contributed by atoms with Gasteiger partial charge in [-0.25, -0.2) is 4.98 Å². The number of hydrogen-bond acceptors (Lipinski definition) is 3. The number of aryl methyl sites for hydroxylation is 1. The third kappa shape index (κ3) is 3.64. The Kier molecular flexibility index (Phi) is 5.11. The smallest absolute Gasteiger partial charge is 0.117 e. The van der Waals surface area contributed by atoms with E-state index in [1.807, 2.05) is 6.07 Å². The molecule has 0 aliphatic heterocycles. The third-order valence-corrected chi connectivity index (χ3v) is 6.51. The molecule has 2 aromatic heterocycles. The first-order chi connectivity index (χ1) is 14.7. The lowest BCUT2D eigenvalue weighted by molar-refractivity contribution is 0.389. The first kappa shape index (κ1) is 19.0. The van der Waals surface area contributed by atoms with E-state index >= 15 is 0 Å². The van der Waals surface area contributed by atoms with Crippen LogP contribution in [0.2, 0.25) is 0 Å². The summed E-state index contributed by atoms with van der Waals surface area (Å²) in [4.78, 5) is 6.96. The van der Waals surface area contributed by atoms with E-state index < -0.39 is 0 Å². The van der Waals surface area contributed by atoms with E-state index in [1.54, 1.807) is 11.3 Å². The SMILES string of the molecule is CN(C)CCCn1c2ccccc2c2cc(/C=C/c3nc4ccccc4s3)ccc21. The van der Waals surface area contributed by atoms with Crippen LogP contribution in [0.1, 0.15) is 17.0 Å². The number of thiazole rings is 1. The van der Waals surface area contributed by atoms with Gasteiger partial charge in [0.1, 0.15) is 5.01 Å². The molecule has 0 saturated carbocycles. The lowest BCUT2D eigenvalue weighted by Gasteiger charge is -2.11. The average Bonchev–Trinajstić information content (AvgIpc) is 3.31. The molecule has 150 valence electrons. The molecule has 0 spiro atoms. The normalized spacial score (nSPS) is 12.2. The lowest BCUT2D eigenvalue weighted by atomic mass is 10.1. The summed E-state index contributed by atoms with van der Waals surface area (Å²) in [7, 11) is 4.27. The van der Waals surface area contributed by atoms with Crippen LogP contribution in [0.15, 0.2) is 66.7 Å². The summed E-state index contributed by atoms with van der Waals surface area (Å²) >= 11 is 1.73. The summed E-state index contributed by atoms with van der Waals surface area (Å²) in [5, 5.41) is 3.69. The Morgan fingerprint density at radius 1 is 0.900 bits per heavy atom. The molecule has 0 bridgehead atoms. The van der Waals surface area contributed by atoms with Crippen molar-refractivity contribution < 1.29 is 0 Å². The Labute approximate surface area is 180 Å². The maximum Gasteiger partial charge on any atom is 0.117 e. The molecule has 5 rings (SSSR count). The first-order valence-corrected chi connectivity index (χ1v) is 11.2. The van der Waals surface area contributed by atoms with Crippen molar-refractivity contribution in [1.82, 2.24) is 14.5 Å². The maximum atomic E-state index is 4.72. The molecule has 5 aromatic rings. The lowest BCUT2D eigenvalue weighted by Crippen LogP contribution is -2.15. The fourth-order valence-corrected chi connectivity index (χ4v) is 4.96. The van der Waals surface area contributed by atoms with Crippen molar-refractivity contribution in [2.24, 2.45) is 0 Å². The zero-order valence-corrected chi connectivity index (χ0v) is 18.2. The highest BCUT2D eigenvalue weighted by Crippen LogP contribution is 2.31. The summed E-state index contributed by atoms with van der Waals surface area (Å²) in [5.74, 6) is 0. The molecule has 0 saturated heterocycles. The topological polar surface area (TPSA) is 21.1 Å². The zero-order valence-electron chi connectivity index (χ0n) is 17.4. The number of aromatic nitrogens is 2. The summed E-state index contributed by atoms with van der Waals surface area (Å²) in [6.45, 7) is 2.13. The molecule has 0 aliphatic rings. The Bertz CT molecular complexity index is 1320. The second-order valence-corrected chi connectivity index (χ2v) is 9.02. The van der Waals surface area contributed by atoms with E-state index in [-0.39, 0.29) is 0 Å². The molecule has 2 heterocycles. The molecule has 0 aliphatic carbocycles. The number of benzene rings is 3. The molecule has 30 heavy (non-hydrogen) atoms. The largest absolute Gasteiger partial charge is 0.340 e. The highest BCUT2D eigenvalue weighted by molar-refractivity contribution is 7.19. The summed E-state index contributed by atoms with van der Waals surface area (Å²) in [6, 6.07) is 23.8. The van der Waals surface area contributed by atoms with Crippen molar-refractivity contribution in [2.75, 3.05) is 20.6 Å². The van der Waals surface area contributed by atoms with Gasteiger partial charge in [0.2, 0.25) is 0 Å². The molecular formula is C26H25N3S. The van der Waals surface area contributed by atoms with Gasteiger partial charge in [0.15, 0.2) is 0 Å². The third-order valence-electron chi connectivity index (χ3n) is 5.51. The van der Waals surface area contributed by atoms with Crippen LogP contribution < -0.4 is 0 Å². The Morgan fingerprint density at radius 2 is 1.70 bits per heavy atom.